The standard InChI is InChI=1S/C15H24BrNOS/c1-3-19-11-8-14(12-17-9-10-18-2)13-4-6-15(16)7-5-13/h4-7,14,17H,3,8-12H2,1-2H3. The maximum atomic E-state index is 5.07. The summed E-state index contributed by atoms with van der Waals surface area (Å²) < 4.78 is 6.21. The van der Waals surface area contributed by atoms with E-state index in [-0.39, 0.29) is 0 Å². The fraction of sp³-hybridized carbons (Fsp3) is 0.600. The third-order valence-corrected chi connectivity index (χ3v) is 4.49. The summed E-state index contributed by atoms with van der Waals surface area (Å²) in [5, 5.41) is 3.48. The van der Waals surface area contributed by atoms with Gasteiger partial charge in [0.15, 0.2) is 0 Å². The minimum atomic E-state index is 0.587. The molecule has 1 atom stereocenters. The Morgan fingerprint density at radius 1 is 1.32 bits per heavy atom. The molecule has 1 aromatic rings. The molecule has 2 nitrogen and oxygen atoms in total. The maximum Gasteiger partial charge on any atom is 0.0587 e. The van der Waals surface area contributed by atoms with Crippen molar-refractivity contribution in [3.05, 3.63) is 34.3 Å². The highest BCUT2D eigenvalue weighted by Crippen LogP contribution is 2.23. The van der Waals surface area contributed by atoms with Gasteiger partial charge in [-0.25, -0.2) is 0 Å². The second-order valence-corrected chi connectivity index (χ2v) is 6.74. The summed E-state index contributed by atoms with van der Waals surface area (Å²) >= 11 is 5.51. The van der Waals surface area contributed by atoms with Crippen molar-refractivity contribution in [2.24, 2.45) is 0 Å². The van der Waals surface area contributed by atoms with Crippen LogP contribution < -0.4 is 5.32 Å². The van der Waals surface area contributed by atoms with Gasteiger partial charge in [0.2, 0.25) is 0 Å². The average Bonchev–Trinajstić information content (AvgIpc) is 2.43. The van der Waals surface area contributed by atoms with Gasteiger partial charge >= 0.3 is 0 Å². The SMILES string of the molecule is CCSCCC(CNCCOC)c1ccc(Br)cc1. The summed E-state index contributed by atoms with van der Waals surface area (Å²) in [6.45, 7) is 4.94. The summed E-state index contributed by atoms with van der Waals surface area (Å²) in [4.78, 5) is 0. The normalized spacial score (nSPS) is 12.6. The predicted octanol–water partition coefficient (Wildman–Crippen LogP) is 3.91. The van der Waals surface area contributed by atoms with E-state index in [1.165, 1.54) is 23.5 Å². The van der Waals surface area contributed by atoms with Crippen LogP contribution in [0.1, 0.15) is 24.8 Å². The minimum Gasteiger partial charge on any atom is -0.383 e. The van der Waals surface area contributed by atoms with Gasteiger partial charge in [-0.2, -0.15) is 11.8 Å². The van der Waals surface area contributed by atoms with Gasteiger partial charge < -0.3 is 10.1 Å². The number of halogens is 1. The van der Waals surface area contributed by atoms with Crippen LogP contribution in [0.3, 0.4) is 0 Å². The lowest BCUT2D eigenvalue weighted by molar-refractivity contribution is 0.199. The number of ether oxygens (including phenoxy) is 1. The molecule has 1 rings (SSSR count). The van der Waals surface area contributed by atoms with Gasteiger partial charge in [0.1, 0.15) is 0 Å². The summed E-state index contributed by atoms with van der Waals surface area (Å²) in [6.07, 6.45) is 1.22. The Bertz CT molecular complexity index is 331. The van der Waals surface area contributed by atoms with Crippen LogP contribution in [0.2, 0.25) is 0 Å². The van der Waals surface area contributed by atoms with Gasteiger partial charge in [-0.15, -0.1) is 0 Å². The van der Waals surface area contributed by atoms with Gasteiger partial charge in [0.05, 0.1) is 6.61 Å². The van der Waals surface area contributed by atoms with Crippen molar-refractivity contribution >= 4 is 27.7 Å². The van der Waals surface area contributed by atoms with E-state index in [2.05, 4.69) is 52.4 Å². The molecule has 0 radical (unpaired) electrons. The number of methoxy groups -OCH3 is 1. The fourth-order valence-corrected chi connectivity index (χ4v) is 2.95. The van der Waals surface area contributed by atoms with E-state index in [1.807, 2.05) is 11.8 Å². The molecule has 1 unspecified atom stereocenters. The van der Waals surface area contributed by atoms with E-state index in [1.54, 1.807) is 7.11 Å². The van der Waals surface area contributed by atoms with Crippen LogP contribution in [0.15, 0.2) is 28.7 Å². The zero-order valence-corrected chi connectivity index (χ0v) is 14.2. The summed E-state index contributed by atoms with van der Waals surface area (Å²) in [7, 11) is 1.74. The lowest BCUT2D eigenvalue weighted by Crippen LogP contribution is -2.25. The highest BCUT2D eigenvalue weighted by molar-refractivity contribution is 9.10. The lowest BCUT2D eigenvalue weighted by atomic mass is 9.96. The van der Waals surface area contributed by atoms with E-state index < -0.39 is 0 Å². The Labute approximate surface area is 129 Å². The van der Waals surface area contributed by atoms with E-state index in [0.29, 0.717) is 5.92 Å². The zero-order chi connectivity index (χ0) is 13.9. The third-order valence-electron chi connectivity index (χ3n) is 3.03. The Morgan fingerprint density at radius 2 is 2.05 bits per heavy atom. The molecule has 0 bridgehead atoms. The third kappa shape index (κ3) is 7.35. The fourth-order valence-electron chi connectivity index (χ4n) is 1.94. The summed E-state index contributed by atoms with van der Waals surface area (Å²) in [6, 6.07) is 8.71. The molecule has 108 valence electrons. The van der Waals surface area contributed by atoms with Crippen molar-refractivity contribution in [1.82, 2.24) is 5.32 Å². The number of rotatable bonds is 10. The smallest absolute Gasteiger partial charge is 0.0587 e. The molecule has 4 heteroatoms. The van der Waals surface area contributed by atoms with Crippen molar-refractivity contribution in [2.45, 2.75) is 19.3 Å². The first kappa shape index (κ1) is 17.0. The largest absolute Gasteiger partial charge is 0.383 e. The van der Waals surface area contributed by atoms with Crippen LogP contribution in [0.5, 0.6) is 0 Å². The molecular formula is C15H24BrNOS. The maximum absolute atomic E-state index is 5.07. The number of nitrogens with one attached hydrogen (secondary N) is 1. The Kier molecular flexibility index (Phi) is 9.61. The van der Waals surface area contributed by atoms with Gasteiger partial charge in [-0.1, -0.05) is 35.0 Å². The highest BCUT2D eigenvalue weighted by Gasteiger charge is 2.11. The predicted molar refractivity (Wildman–Crippen MR) is 89.2 cm³/mol. The number of hydrogen-bond acceptors (Lipinski definition) is 3. The van der Waals surface area contributed by atoms with Crippen LogP contribution in [-0.4, -0.2) is 38.3 Å². The number of hydrogen-bond donors (Lipinski definition) is 1. The van der Waals surface area contributed by atoms with Crippen molar-refractivity contribution in [1.29, 1.82) is 0 Å². The molecule has 0 fully saturated rings. The van der Waals surface area contributed by atoms with E-state index in [4.69, 9.17) is 4.74 Å². The molecule has 0 aliphatic rings. The first-order valence-electron chi connectivity index (χ1n) is 6.80. The van der Waals surface area contributed by atoms with E-state index >= 15 is 0 Å². The lowest BCUT2D eigenvalue weighted by Gasteiger charge is -2.18. The van der Waals surface area contributed by atoms with Gasteiger partial charge in [-0.3, -0.25) is 0 Å². The number of benzene rings is 1. The van der Waals surface area contributed by atoms with Crippen LogP contribution in [0.25, 0.3) is 0 Å². The molecule has 19 heavy (non-hydrogen) atoms. The van der Waals surface area contributed by atoms with Gasteiger partial charge in [0.25, 0.3) is 0 Å². The van der Waals surface area contributed by atoms with Crippen molar-refractivity contribution in [3.8, 4) is 0 Å². The van der Waals surface area contributed by atoms with Crippen LogP contribution in [-0.2, 0) is 4.74 Å². The monoisotopic (exact) mass is 345 g/mol. The summed E-state index contributed by atoms with van der Waals surface area (Å²) in [5.74, 6) is 3.01. The Balaban J connectivity index is 2.49. The van der Waals surface area contributed by atoms with E-state index in [9.17, 15) is 0 Å². The second-order valence-electron chi connectivity index (χ2n) is 4.43. The molecule has 0 saturated heterocycles. The van der Waals surface area contributed by atoms with Crippen LogP contribution in [0.4, 0.5) is 0 Å². The van der Waals surface area contributed by atoms with Crippen molar-refractivity contribution in [3.63, 3.8) is 0 Å². The van der Waals surface area contributed by atoms with Gasteiger partial charge in [-0.05, 0) is 41.5 Å². The van der Waals surface area contributed by atoms with Crippen molar-refractivity contribution in [2.75, 3.05) is 38.3 Å². The van der Waals surface area contributed by atoms with E-state index in [0.717, 1.165) is 24.2 Å². The van der Waals surface area contributed by atoms with Crippen LogP contribution >= 0.6 is 27.7 Å². The molecule has 0 aromatic heterocycles. The Hall–Kier alpha value is -0.0300. The highest BCUT2D eigenvalue weighted by atomic mass is 79.9. The number of thioether (sulfide) groups is 1. The van der Waals surface area contributed by atoms with Crippen LogP contribution in [0, 0.1) is 0 Å². The molecule has 0 amide bonds. The molecule has 0 heterocycles. The van der Waals surface area contributed by atoms with Gasteiger partial charge in [0, 0.05) is 24.7 Å². The average molecular weight is 346 g/mol. The molecule has 0 aliphatic carbocycles. The molecule has 1 N–H and O–H groups in total. The summed E-state index contributed by atoms with van der Waals surface area (Å²) in [5.41, 5.74) is 1.42. The molecular weight excluding hydrogens is 322 g/mol. The topological polar surface area (TPSA) is 21.3 Å². The Morgan fingerprint density at radius 3 is 2.68 bits per heavy atom. The quantitative estimate of drug-likeness (QED) is 0.649. The zero-order valence-electron chi connectivity index (χ0n) is 11.8. The molecule has 0 spiro atoms. The molecule has 1 aromatic carbocycles. The first-order valence-corrected chi connectivity index (χ1v) is 8.75. The molecule has 0 saturated carbocycles. The second kappa shape index (κ2) is 10.7. The molecule has 0 aliphatic heterocycles. The minimum absolute atomic E-state index is 0.587. The first-order chi connectivity index (χ1) is 9.27. The van der Waals surface area contributed by atoms with Crippen molar-refractivity contribution < 1.29 is 4.74 Å².